The molecule has 0 bridgehead atoms. The van der Waals surface area contributed by atoms with Crippen LogP contribution in [-0.4, -0.2) is 32.7 Å². The van der Waals surface area contributed by atoms with Crippen LogP contribution < -0.4 is 19.5 Å². The summed E-state index contributed by atoms with van der Waals surface area (Å²) in [7, 11) is 0. The van der Waals surface area contributed by atoms with Gasteiger partial charge in [0.15, 0.2) is 11.5 Å². The molecule has 0 unspecified atom stereocenters. The lowest BCUT2D eigenvalue weighted by Crippen LogP contribution is -2.26. The van der Waals surface area contributed by atoms with Crippen LogP contribution in [0.3, 0.4) is 0 Å². The number of hydrogen-bond donors (Lipinski definition) is 1. The zero-order valence-corrected chi connectivity index (χ0v) is 12.5. The molecule has 0 spiro atoms. The first kappa shape index (κ1) is 14.5. The Bertz CT molecular complexity index is 472. The van der Waals surface area contributed by atoms with Crippen molar-refractivity contribution in [3.05, 3.63) is 17.7 Å². The number of rotatable bonds is 6. The van der Waals surface area contributed by atoms with Crippen LogP contribution in [0.25, 0.3) is 0 Å². The van der Waals surface area contributed by atoms with Crippen molar-refractivity contribution in [2.75, 3.05) is 26.6 Å². The fourth-order valence-corrected chi connectivity index (χ4v) is 2.59. The van der Waals surface area contributed by atoms with E-state index in [0.717, 1.165) is 68.4 Å². The van der Waals surface area contributed by atoms with E-state index in [4.69, 9.17) is 18.9 Å². The summed E-state index contributed by atoms with van der Waals surface area (Å²) < 4.78 is 22.5. The molecule has 3 rings (SSSR count). The maximum absolute atomic E-state index is 6.19. The van der Waals surface area contributed by atoms with Crippen molar-refractivity contribution in [1.82, 2.24) is 5.32 Å². The molecule has 0 saturated carbocycles. The van der Waals surface area contributed by atoms with Crippen LogP contribution in [0.4, 0.5) is 0 Å². The molecule has 0 radical (unpaired) electrons. The lowest BCUT2D eigenvalue weighted by atomic mass is 10.1. The minimum absolute atomic E-state index is 0.226. The third-order valence-electron chi connectivity index (χ3n) is 3.76. The van der Waals surface area contributed by atoms with Gasteiger partial charge in [0, 0.05) is 31.0 Å². The number of fused-ring (bicyclic) bond motifs is 1. The number of benzene rings is 1. The second-order valence-electron chi connectivity index (χ2n) is 5.42. The van der Waals surface area contributed by atoms with Gasteiger partial charge in [-0.15, -0.1) is 0 Å². The molecule has 5 heteroatoms. The third kappa shape index (κ3) is 3.60. The highest BCUT2D eigenvalue weighted by Crippen LogP contribution is 2.38. The molecule has 116 valence electrons. The number of hydrogen-bond acceptors (Lipinski definition) is 5. The molecule has 1 saturated heterocycles. The molecule has 1 aromatic carbocycles. The van der Waals surface area contributed by atoms with E-state index in [1.165, 1.54) is 0 Å². The highest BCUT2D eigenvalue weighted by molar-refractivity contribution is 5.51. The van der Waals surface area contributed by atoms with Gasteiger partial charge in [-0.1, -0.05) is 6.92 Å². The van der Waals surface area contributed by atoms with Gasteiger partial charge < -0.3 is 24.3 Å². The largest absolute Gasteiger partial charge is 0.490 e. The first-order valence-corrected chi connectivity index (χ1v) is 7.74. The molecular weight excluding hydrogens is 270 g/mol. The van der Waals surface area contributed by atoms with Crippen LogP contribution in [0, 0.1) is 0 Å². The lowest BCUT2D eigenvalue weighted by Gasteiger charge is -2.24. The minimum atomic E-state index is 0.226. The maximum atomic E-state index is 6.19. The van der Waals surface area contributed by atoms with Gasteiger partial charge in [0.25, 0.3) is 0 Å². The predicted octanol–water partition coefficient (Wildman–Crippen LogP) is 2.47. The van der Waals surface area contributed by atoms with Crippen molar-refractivity contribution in [3.63, 3.8) is 0 Å². The molecule has 1 N–H and O–H groups in total. The summed E-state index contributed by atoms with van der Waals surface area (Å²) in [5, 5.41) is 3.42. The molecule has 5 nitrogen and oxygen atoms in total. The zero-order chi connectivity index (χ0) is 14.5. The molecule has 1 aromatic rings. The highest BCUT2D eigenvalue weighted by Gasteiger charge is 2.21. The van der Waals surface area contributed by atoms with E-state index >= 15 is 0 Å². The lowest BCUT2D eigenvalue weighted by molar-refractivity contribution is 0.0251. The van der Waals surface area contributed by atoms with Crippen molar-refractivity contribution < 1.29 is 18.9 Å². The summed E-state index contributed by atoms with van der Waals surface area (Å²) in [4.78, 5) is 0. The van der Waals surface area contributed by atoms with E-state index in [1.807, 2.05) is 12.1 Å². The SMILES string of the molecule is CCCNCc1cc2c(cc1OC1CCOCC1)OCO2. The Labute approximate surface area is 125 Å². The Morgan fingerprint density at radius 1 is 1.19 bits per heavy atom. The normalized spacial score (nSPS) is 18.0. The van der Waals surface area contributed by atoms with Crippen molar-refractivity contribution in [2.45, 2.75) is 38.8 Å². The molecule has 2 aliphatic rings. The zero-order valence-electron chi connectivity index (χ0n) is 12.5. The smallest absolute Gasteiger partial charge is 0.231 e. The van der Waals surface area contributed by atoms with Gasteiger partial charge in [0.1, 0.15) is 11.9 Å². The second kappa shape index (κ2) is 7.00. The maximum Gasteiger partial charge on any atom is 0.231 e. The van der Waals surface area contributed by atoms with Gasteiger partial charge >= 0.3 is 0 Å². The third-order valence-corrected chi connectivity index (χ3v) is 3.76. The molecule has 0 atom stereocenters. The standard InChI is InChI=1S/C16H23NO4/c1-2-5-17-10-12-8-15-16(20-11-19-15)9-14(12)21-13-3-6-18-7-4-13/h8-9,13,17H,2-7,10-11H2,1H3. The number of nitrogens with one attached hydrogen (secondary N) is 1. The molecule has 2 aliphatic heterocycles. The van der Waals surface area contributed by atoms with Crippen LogP contribution in [0.2, 0.25) is 0 Å². The summed E-state index contributed by atoms with van der Waals surface area (Å²) in [5.74, 6) is 2.48. The summed E-state index contributed by atoms with van der Waals surface area (Å²) in [5.41, 5.74) is 1.12. The molecule has 21 heavy (non-hydrogen) atoms. The Morgan fingerprint density at radius 2 is 1.95 bits per heavy atom. The minimum Gasteiger partial charge on any atom is -0.490 e. The van der Waals surface area contributed by atoms with Gasteiger partial charge in [-0.3, -0.25) is 0 Å². The van der Waals surface area contributed by atoms with Gasteiger partial charge in [-0.2, -0.15) is 0 Å². The predicted molar refractivity (Wildman–Crippen MR) is 79.0 cm³/mol. The van der Waals surface area contributed by atoms with E-state index in [2.05, 4.69) is 12.2 Å². The van der Waals surface area contributed by atoms with E-state index < -0.39 is 0 Å². The van der Waals surface area contributed by atoms with E-state index in [9.17, 15) is 0 Å². The van der Waals surface area contributed by atoms with Gasteiger partial charge in [-0.25, -0.2) is 0 Å². The van der Waals surface area contributed by atoms with Gasteiger partial charge in [0.05, 0.1) is 13.2 Å². The molecule has 2 heterocycles. The molecule has 0 aliphatic carbocycles. The summed E-state index contributed by atoms with van der Waals surface area (Å²) in [6.45, 7) is 5.77. The van der Waals surface area contributed by atoms with Crippen molar-refractivity contribution in [3.8, 4) is 17.2 Å². The first-order chi connectivity index (χ1) is 10.4. The Balaban J connectivity index is 1.75. The van der Waals surface area contributed by atoms with Crippen molar-refractivity contribution in [1.29, 1.82) is 0 Å². The van der Waals surface area contributed by atoms with E-state index in [1.54, 1.807) is 0 Å². The van der Waals surface area contributed by atoms with Crippen LogP contribution in [-0.2, 0) is 11.3 Å². The summed E-state index contributed by atoms with van der Waals surface area (Å²) in [6, 6.07) is 3.99. The molecular formula is C16H23NO4. The average Bonchev–Trinajstić information content (AvgIpc) is 2.96. The quantitative estimate of drug-likeness (QED) is 0.817. The van der Waals surface area contributed by atoms with Gasteiger partial charge in [0.2, 0.25) is 6.79 Å². The highest BCUT2D eigenvalue weighted by atomic mass is 16.7. The van der Waals surface area contributed by atoms with Crippen LogP contribution >= 0.6 is 0 Å². The Morgan fingerprint density at radius 3 is 2.71 bits per heavy atom. The summed E-state index contributed by atoms with van der Waals surface area (Å²) >= 11 is 0. The molecule has 0 amide bonds. The first-order valence-electron chi connectivity index (χ1n) is 7.74. The van der Waals surface area contributed by atoms with Crippen LogP contribution in [0.5, 0.6) is 17.2 Å². The van der Waals surface area contributed by atoms with Crippen LogP contribution in [0.15, 0.2) is 12.1 Å². The molecule has 1 fully saturated rings. The fourth-order valence-electron chi connectivity index (χ4n) is 2.59. The summed E-state index contributed by atoms with van der Waals surface area (Å²) in [6.07, 6.45) is 3.22. The Kier molecular flexibility index (Phi) is 4.83. The van der Waals surface area contributed by atoms with E-state index in [-0.39, 0.29) is 12.9 Å². The second-order valence-corrected chi connectivity index (χ2v) is 5.42. The number of ether oxygens (including phenoxy) is 4. The topological polar surface area (TPSA) is 49.0 Å². The van der Waals surface area contributed by atoms with Gasteiger partial charge in [-0.05, 0) is 19.0 Å². The van der Waals surface area contributed by atoms with Crippen molar-refractivity contribution in [2.24, 2.45) is 0 Å². The molecule has 0 aromatic heterocycles. The van der Waals surface area contributed by atoms with Crippen molar-refractivity contribution >= 4 is 0 Å². The van der Waals surface area contributed by atoms with E-state index in [0.29, 0.717) is 0 Å². The van der Waals surface area contributed by atoms with Crippen LogP contribution in [0.1, 0.15) is 31.7 Å². The monoisotopic (exact) mass is 293 g/mol. The average molecular weight is 293 g/mol. The Hall–Kier alpha value is -1.46. The fraction of sp³-hybridized carbons (Fsp3) is 0.625.